The molecule has 152 valence electrons. The number of benzene rings is 2. The number of carbonyl (C=O) groups is 1. The quantitative estimate of drug-likeness (QED) is 0.168. The predicted molar refractivity (Wildman–Crippen MR) is 134 cm³/mol. The number of hydrogen-bond donors (Lipinski definition) is 2. The number of alkyl halides is 2. The molecule has 0 heterocycles. The first-order chi connectivity index (χ1) is 13.5. The van der Waals surface area contributed by atoms with E-state index in [1.54, 1.807) is 12.2 Å². The van der Waals surface area contributed by atoms with Gasteiger partial charge in [-0.2, -0.15) is 0 Å². The van der Waals surface area contributed by atoms with Crippen molar-refractivity contribution >= 4 is 85.7 Å². The molecule has 3 rings (SSSR count). The van der Waals surface area contributed by atoms with Crippen molar-refractivity contribution in [1.82, 2.24) is 0 Å². The van der Waals surface area contributed by atoms with Crippen LogP contribution in [0.15, 0.2) is 60.2 Å². The van der Waals surface area contributed by atoms with Crippen molar-refractivity contribution in [1.29, 1.82) is 0 Å². The first-order valence-corrected chi connectivity index (χ1v) is 11.5. The van der Waals surface area contributed by atoms with Gasteiger partial charge in [0.1, 0.15) is 0 Å². The van der Waals surface area contributed by atoms with Crippen LogP contribution >= 0.6 is 68.4 Å². The molecule has 30 heavy (non-hydrogen) atoms. The van der Waals surface area contributed by atoms with Crippen LogP contribution in [0.4, 0.5) is 11.4 Å². The van der Waals surface area contributed by atoms with E-state index >= 15 is 0 Å². The summed E-state index contributed by atoms with van der Waals surface area (Å²) in [5.74, 6) is -1.37. The molecule has 2 aromatic rings. The number of carbonyl (C=O) groups excluding carboxylic acids is 1. The number of aliphatic carboxylic acids is 1. The van der Waals surface area contributed by atoms with Crippen LogP contribution in [-0.2, 0) is 4.79 Å². The van der Waals surface area contributed by atoms with E-state index in [0.717, 1.165) is 29.6 Å². The number of anilines is 2. The van der Waals surface area contributed by atoms with E-state index in [9.17, 15) is 9.90 Å². The van der Waals surface area contributed by atoms with E-state index in [-0.39, 0.29) is 35.1 Å². The van der Waals surface area contributed by atoms with Gasteiger partial charge in [-0.25, -0.2) is 0 Å². The molecule has 0 saturated heterocycles. The van der Waals surface area contributed by atoms with Crippen molar-refractivity contribution < 1.29 is 39.5 Å². The van der Waals surface area contributed by atoms with Gasteiger partial charge in [-0.3, -0.25) is 0 Å². The molecule has 0 aromatic heterocycles. The monoisotopic (exact) mass is 676 g/mol. The maximum absolute atomic E-state index is 12.1. The molecular formula is C21H17Cl2I2N2NaO2. The largest absolute Gasteiger partial charge is 1.00 e. The summed E-state index contributed by atoms with van der Waals surface area (Å²) in [6.07, 6.45) is 4.47. The second-order valence-corrected chi connectivity index (χ2v) is 10.8. The topological polar surface area (TPSA) is 64.2 Å². The Hall–Kier alpha value is 0.0300. The van der Waals surface area contributed by atoms with Gasteiger partial charge in [-0.1, -0.05) is 23.2 Å². The van der Waals surface area contributed by atoms with Crippen LogP contribution < -0.4 is 45.3 Å². The van der Waals surface area contributed by atoms with Crippen LogP contribution in [0.25, 0.3) is 0 Å². The summed E-state index contributed by atoms with van der Waals surface area (Å²) in [4.78, 5) is 12.1. The molecule has 0 amide bonds. The number of nitrogens with one attached hydrogen (secondary N) is 2. The maximum atomic E-state index is 12.1. The summed E-state index contributed by atoms with van der Waals surface area (Å²) < 4.78 is 0.720. The summed E-state index contributed by atoms with van der Waals surface area (Å²) in [5, 5.41) is 18.8. The standard InChI is InChI=1S/C21H18Cl2I2N2O2.Na/c1-12-9-14(24)3-5-17(12)26-21(27-18-6-4-15(25)10-13(18)2)8-7-20(22,23)11-16(21)19(28)29;/h3-11,26-27H,1-2H3,(H,28,29);/q;+1/p-1. The van der Waals surface area contributed by atoms with Crippen molar-refractivity contribution in [3.8, 4) is 0 Å². The van der Waals surface area contributed by atoms with Crippen molar-refractivity contribution in [2.45, 2.75) is 23.8 Å². The van der Waals surface area contributed by atoms with Gasteiger partial charge in [0.15, 0.2) is 10.00 Å². The third-order valence-corrected chi connectivity index (χ3v) is 6.39. The van der Waals surface area contributed by atoms with Crippen LogP contribution in [0.2, 0.25) is 0 Å². The van der Waals surface area contributed by atoms with E-state index in [0.29, 0.717) is 0 Å². The van der Waals surface area contributed by atoms with Crippen LogP contribution in [0.3, 0.4) is 0 Å². The Kier molecular flexibility index (Phi) is 9.03. The second-order valence-electron chi connectivity index (χ2n) is 6.83. The number of carboxylic acid groups (broad SMARTS) is 1. The van der Waals surface area contributed by atoms with E-state index in [1.807, 2.05) is 50.2 Å². The Morgan fingerprint density at radius 3 is 1.80 bits per heavy atom. The molecule has 9 heteroatoms. The zero-order chi connectivity index (χ0) is 21.4. The Balaban J connectivity index is 0.00000320. The van der Waals surface area contributed by atoms with Crippen molar-refractivity contribution in [2.24, 2.45) is 0 Å². The van der Waals surface area contributed by atoms with Gasteiger partial charge in [0, 0.05) is 24.1 Å². The third kappa shape index (κ3) is 6.08. The minimum atomic E-state index is -1.44. The molecule has 1 aliphatic carbocycles. The van der Waals surface area contributed by atoms with E-state index in [1.165, 1.54) is 6.08 Å². The molecular weight excluding hydrogens is 660 g/mol. The molecule has 0 unspecified atom stereocenters. The number of allylic oxidation sites excluding steroid dienone is 2. The molecule has 0 saturated carbocycles. The number of hydrogen-bond acceptors (Lipinski definition) is 4. The number of carboxylic acids is 1. The summed E-state index contributed by atoms with van der Waals surface area (Å²) in [6, 6.07) is 11.7. The van der Waals surface area contributed by atoms with E-state index < -0.39 is 16.0 Å². The van der Waals surface area contributed by atoms with Gasteiger partial charge in [-0.05, 0) is 125 Å². The van der Waals surface area contributed by atoms with Crippen LogP contribution in [0.1, 0.15) is 11.1 Å². The average Bonchev–Trinajstić information content (AvgIpc) is 2.62. The fourth-order valence-electron chi connectivity index (χ4n) is 3.11. The molecule has 0 radical (unpaired) electrons. The Morgan fingerprint density at radius 2 is 1.40 bits per heavy atom. The fraction of sp³-hybridized carbons (Fsp3) is 0.190. The normalized spacial score (nSPS) is 16.3. The molecule has 2 N–H and O–H groups in total. The van der Waals surface area contributed by atoms with Gasteiger partial charge in [0.25, 0.3) is 0 Å². The minimum Gasteiger partial charge on any atom is -0.545 e. The maximum Gasteiger partial charge on any atom is 1.00 e. The molecule has 0 spiro atoms. The summed E-state index contributed by atoms with van der Waals surface area (Å²) in [7, 11) is 0. The zero-order valence-electron chi connectivity index (χ0n) is 16.5. The summed E-state index contributed by atoms with van der Waals surface area (Å²) in [6.45, 7) is 3.91. The van der Waals surface area contributed by atoms with Crippen molar-refractivity contribution in [3.63, 3.8) is 0 Å². The Morgan fingerprint density at radius 1 is 0.933 bits per heavy atom. The van der Waals surface area contributed by atoms with Crippen LogP contribution in [-0.4, -0.2) is 16.0 Å². The van der Waals surface area contributed by atoms with Crippen LogP contribution in [0, 0.1) is 21.0 Å². The molecule has 2 aromatic carbocycles. The molecule has 0 aliphatic heterocycles. The number of aryl methyl sites for hydroxylation is 2. The predicted octanol–water partition coefficient (Wildman–Crippen LogP) is 2.16. The molecule has 0 bridgehead atoms. The first-order valence-electron chi connectivity index (χ1n) is 8.63. The van der Waals surface area contributed by atoms with Gasteiger partial charge in [-0.15, -0.1) is 0 Å². The van der Waals surface area contributed by atoms with Gasteiger partial charge in [0.2, 0.25) is 0 Å². The molecule has 0 fully saturated rings. The van der Waals surface area contributed by atoms with E-state index in [4.69, 9.17) is 23.2 Å². The fourth-order valence-corrected chi connectivity index (χ4v) is 4.75. The summed E-state index contributed by atoms with van der Waals surface area (Å²) in [5.41, 5.74) is 2.08. The van der Waals surface area contributed by atoms with Gasteiger partial charge >= 0.3 is 29.6 Å². The number of halogens is 4. The average molecular weight is 677 g/mol. The zero-order valence-corrected chi connectivity index (χ0v) is 24.4. The van der Waals surface area contributed by atoms with Crippen molar-refractivity contribution in [2.75, 3.05) is 10.6 Å². The Labute approximate surface area is 235 Å². The van der Waals surface area contributed by atoms with Gasteiger partial charge in [0.05, 0.1) is 5.97 Å². The van der Waals surface area contributed by atoms with Crippen molar-refractivity contribution in [3.05, 3.63) is 78.5 Å². The first kappa shape index (κ1) is 26.3. The molecule has 0 atom stereocenters. The Bertz CT molecular complexity index is 988. The molecule has 4 nitrogen and oxygen atoms in total. The van der Waals surface area contributed by atoms with Crippen LogP contribution in [0.5, 0.6) is 0 Å². The second kappa shape index (κ2) is 10.3. The minimum absolute atomic E-state index is 0. The third-order valence-electron chi connectivity index (χ3n) is 4.58. The summed E-state index contributed by atoms with van der Waals surface area (Å²) >= 11 is 16.9. The SMILES string of the molecule is Cc1cc(I)ccc1NC1(Nc2ccc(I)cc2C)C=CC(Cl)(Cl)C=C1C(=O)[O-].[Na+]. The molecule has 1 aliphatic rings. The van der Waals surface area contributed by atoms with Gasteiger partial charge < -0.3 is 20.5 Å². The number of rotatable bonds is 5. The van der Waals surface area contributed by atoms with E-state index in [2.05, 4.69) is 55.8 Å². The smallest absolute Gasteiger partial charge is 0.545 e.